The highest BCUT2D eigenvalue weighted by atomic mass is 32.5. The van der Waals surface area contributed by atoms with Crippen LogP contribution in [0.3, 0.4) is 0 Å². The Morgan fingerprint density at radius 3 is 1.91 bits per heavy atom. The van der Waals surface area contributed by atoms with Crippen molar-refractivity contribution < 1.29 is 13.9 Å². The topological polar surface area (TPSA) is 38.7 Å². The third-order valence-corrected chi connectivity index (χ3v) is 2.29. The monoisotopic (exact) mass is 194 g/mol. The Hall–Kier alpha value is 0.0100. The third kappa shape index (κ3) is 6.41. The van der Waals surface area contributed by atoms with Crippen LogP contribution in [-0.2, 0) is 20.9 Å². The van der Waals surface area contributed by atoms with Crippen LogP contribution in [0.15, 0.2) is 25.3 Å². The van der Waals surface area contributed by atoms with Gasteiger partial charge < -0.3 is 13.9 Å². The summed E-state index contributed by atoms with van der Waals surface area (Å²) in [5.41, 5.74) is 0. The molecule has 0 fully saturated rings. The summed E-state index contributed by atoms with van der Waals surface area (Å²) in [5.74, 6) is 0. The van der Waals surface area contributed by atoms with Crippen LogP contribution in [0, 0.1) is 0 Å². The van der Waals surface area contributed by atoms with Crippen molar-refractivity contribution in [3.8, 4) is 0 Å². The molecule has 0 bridgehead atoms. The van der Waals surface area contributed by atoms with Crippen molar-refractivity contribution in [1.29, 1.82) is 0 Å². The maximum atomic E-state index is 9.16. The van der Waals surface area contributed by atoms with Gasteiger partial charge in [0.1, 0.15) is 0 Å². The van der Waals surface area contributed by atoms with Gasteiger partial charge in [0.25, 0.3) is 0 Å². The minimum absolute atomic E-state index is 0.199. The van der Waals surface area contributed by atoms with Gasteiger partial charge in [0.2, 0.25) is 0 Å². The first-order valence-electron chi connectivity index (χ1n) is 2.96. The fraction of sp³-hybridized carbons (Fsp3) is 0.333. The average molecular weight is 194 g/mol. The zero-order chi connectivity index (χ0) is 8.74. The highest BCUT2D eigenvalue weighted by Crippen LogP contribution is 2.43. The van der Waals surface area contributed by atoms with E-state index in [1.807, 2.05) is 0 Å². The smallest absolute Gasteiger partial charge is 0.324 e. The van der Waals surface area contributed by atoms with Gasteiger partial charge >= 0.3 is 6.72 Å². The van der Waals surface area contributed by atoms with Gasteiger partial charge in [0.15, 0.2) is 0 Å². The maximum absolute atomic E-state index is 9.16. The van der Waals surface area contributed by atoms with Crippen LogP contribution in [0.2, 0.25) is 0 Å². The van der Waals surface area contributed by atoms with Crippen molar-refractivity contribution in [3.05, 3.63) is 25.3 Å². The molecule has 0 aromatic carbocycles. The minimum Gasteiger partial charge on any atom is -0.324 e. The van der Waals surface area contributed by atoms with Gasteiger partial charge in [0, 0.05) is 0 Å². The van der Waals surface area contributed by atoms with Crippen LogP contribution in [0.25, 0.3) is 0 Å². The minimum atomic E-state index is -3.03. The Kier molecular flexibility index (Phi) is 5.64. The predicted molar refractivity (Wildman–Crippen MR) is 48.8 cm³/mol. The number of hydrogen-bond donors (Lipinski definition) is 1. The molecule has 0 aromatic rings. The van der Waals surface area contributed by atoms with Gasteiger partial charge in [-0.1, -0.05) is 12.2 Å². The molecule has 0 amide bonds. The first kappa shape index (κ1) is 11.0. The zero-order valence-electron chi connectivity index (χ0n) is 6.10. The molecule has 5 heteroatoms. The van der Waals surface area contributed by atoms with Crippen LogP contribution in [-0.4, -0.2) is 18.1 Å². The molecule has 64 valence electrons. The van der Waals surface area contributed by atoms with Crippen molar-refractivity contribution in [1.82, 2.24) is 0 Å². The second-order valence-electron chi connectivity index (χ2n) is 1.64. The molecule has 0 heterocycles. The van der Waals surface area contributed by atoms with E-state index in [1.54, 1.807) is 0 Å². The van der Waals surface area contributed by atoms with E-state index in [2.05, 4.69) is 25.0 Å². The third-order valence-electron chi connectivity index (χ3n) is 0.711. The quantitative estimate of drug-likeness (QED) is 0.515. The van der Waals surface area contributed by atoms with Crippen molar-refractivity contribution >= 4 is 18.5 Å². The Bertz CT molecular complexity index is 165. The van der Waals surface area contributed by atoms with Gasteiger partial charge in [-0.25, -0.2) is 0 Å². The first-order chi connectivity index (χ1) is 5.12. The van der Waals surface area contributed by atoms with Gasteiger partial charge in [-0.15, -0.1) is 13.2 Å². The molecule has 0 saturated heterocycles. The van der Waals surface area contributed by atoms with E-state index in [-0.39, 0.29) is 13.2 Å². The summed E-state index contributed by atoms with van der Waals surface area (Å²) < 4.78 is 9.55. The SMILES string of the molecule is C=CCOP(O)(=S)OCC=C. The Balaban J connectivity index is 3.69. The molecule has 0 saturated carbocycles. The summed E-state index contributed by atoms with van der Waals surface area (Å²) in [6.45, 7) is 4.17. The zero-order valence-corrected chi connectivity index (χ0v) is 7.81. The van der Waals surface area contributed by atoms with Gasteiger partial charge in [0.05, 0.1) is 13.2 Å². The fourth-order valence-corrected chi connectivity index (χ4v) is 1.36. The summed E-state index contributed by atoms with van der Waals surface area (Å²) in [6.07, 6.45) is 2.99. The van der Waals surface area contributed by atoms with Crippen molar-refractivity contribution in [2.24, 2.45) is 0 Å². The molecule has 1 N–H and O–H groups in total. The second-order valence-corrected chi connectivity index (χ2v) is 4.48. The molecular weight excluding hydrogens is 183 g/mol. The van der Waals surface area contributed by atoms with Gasteiger partial charge in [-0.05, 0) is 11.8 Å². The number of hydrogen-bond acceptors (Lipinski definition) is 3. The Labute approximate surface area is 71.6 Å². The van der Waals surface area contributed by atoms with E-state index in [1.165, 1.54) is 12.2 Å². The standard InChI is InChI=1S/C6H11O3PS/c1-3-5-8-10(7,11)9-6-4-2/h3-4H,1-2,5-6H2,(H,7,11). The molecule has 0 aliphatic carbocycles. The lowest BCUT2D eigenvalue weighted by Crippen LogP contribution is -1.94. The van der Waals surface area contributed by atoms with E-state index in [4.69, 9.17) is 13.9 Å². The summed E-state index contributed by atoms with van der Waals surface area (Å²) in [7, 11) is 0. The molecule has 0 aliphatic rings. The molecule has 0 atom stereocenters. The second kappa shape index (κ2) is 5.63. The fourth-order valence-electron chi connectivity index (χ4n) is 0.331. The van der Waals surface area contributed by atoms with Crippen molar-refractivity contribution in [3.63, 3.8) is 0 Å². The lowest BCUT2D eigenvalue weighted by molar-refractivity contribution is 0.229. The normalized spacial score (nSPS) is 11.0. The molecule has 3 nitrogen and oxygen atoms in total. The van der Waals surface area contributed by atoms with Crippen LogP contribution in [0.4, 0.5) is 0 Å². The lowest BCUT2D eigenvalue weighted by Gasteiger charge is -2.12. The van der Waals surface area contributed by atoms with Crippen LogP contribution in [0.5, 0.6) is 0 Å². The molecule has 0 radical (unpaired) electrons. The molecule has 0 rings (SSSR count). The molecule has 0 aliphatic heterocycles. The van der Waals surface area contributed by atoms with E-state index in [0.29, 0.717) is 0 Å². The number of rotatable bonds is 6. The summed E-state index contributed by atoms with van der Waals surface area (Å²) in [5, 5.41) is 0. The first-order valence-corrected chi connectivity index (χ1v) is 5.55. The van der Waals surface area contributed by atoms with Crippen LogP contribution >= 0.6 is 6.72 Å². The van der Waals surface area contributed by atoms with Gasteiger partial charge in [-0.3, -0.25) is 0 Å². The predicted octanol–water partition coefficient (Wildman–Crippen LogP) is 1.61. The molecule has 0 unspecified atom stereocenters. The van der Waals surface area contributed by atoms with E-state index in [0.717, 1.165) is 0 Å². The summed E-state index contributed by atoms with van der Waals surface area (Å²) >= 11 is 4.60. The average Bonchev–Trinajstić information content (AvgIpc) is 1.97. The van der Waals surface area contributed by atoms with Crippen molar-refractivity contribution in [2.75, 3.05) is 13.2 Å². The lowest BCUT2D eigenvalue weighted by atomic mass is 10.7. The highest BCUT2D eigenvalue weighted by molar-refractivity contribution is 8.07. The molecule has 0 aromatic heterocycles. The summed E-state index contributed by atoms with van der Waals surface area (Å²) in [4.78, 5) is 9.16. The van der Waals surface area contributed by atoms with Crippen molar-refractivity contribution in [2.45, 2.75) is 0 Å². The van der Waals surface area contributed by atoms with E-state index >= 15 is 0 Å². The molecule has 0 spiro atoms. The van der Waals surface area contributed by atoms with Crippen LogP contribution < -0.4 is 0 Å². The maximum Gasteiger partial charge on any atom is 0.325 e. The largest absolute Gasteiger partial charge is 0.325 e. The Morgan fingerprint density at radius 1 is 1.27 bits per heavy atom. The Morgan fingerprint density at radius 2 is 1.64 bits per heavy atom. The van der Waals surface area contributed by atoms with Gasteiger partial charge in [-0.2, -0.15) is 0 Å². The van der Waals surface area contributed by atoms with E-state index in [9.17, 15) is 0 Å². The van der Waals surface area contributed by atoms with Crippen LogP contribution in [0.1, 0.15) is 0 Å². The molecular formula is C6H11O3PS. The highest BCUT2D eigenvalue weighted by Gasteiger charge is 2.11. The summed E-state index contributed by atoms with van der Waals surface area (Å²) in [6, 6.07) is 0. The van der Waals surface area contributed by atoms with E-state index < -0.39 is 6.72 Å². The molecule has 11 heavy (non-hydrogen) atoms.